The van der Waals surface area contributed by atoms with Gasteiger partial charge in [0.05, 0.1) is 12.3 Å². The lowest BCUT2D eigenvalue weighted by Gasteiger charge is -2.23. The van der Waals surface area contributed by atoms with Crippen molar-refractivity contribution in [3.8, 4) is 5.75 Å². The smallest absolute Gasteiger partial charge is 0.122 e. The van der Waals surface area contributed by atoms with E-state index in [0.717, 1.165) is 43.8 Å². The molecule has 1 aromatic rings. The lowest BCUT2D eigenvalue weighted by atomic mass is 10.1. The van der Waals surface area contributed by atoms with E-state index in [0.29, 0.717) is 6.61 Å². The molecule has 1 atom stereocenters. The third kappa shape index (κ3) is 4.56. The summed E-state index contributed by atoms with van der Waals surface area (Å²) in [5.41, 5.74) is 1.97. The van der Waals surface area contributed by atoms with Crippen LogP contribution in [-0.2, 0) is 11.2 Å². The van der Waals surface area contributed by atoms with Crippen molar-refractivity contribution >= 4 is 5.71 Å². The first-order valence-electron chi connectivity index (χ1n) is 6.79. The molecule has 19 heavy (non-hydrogen) atoms. The largest absolute Gasteiger partial charge is 0.488 e. The molecular weight excluding hydrogens is 242 g/mol. The second kappa shape index (κ2) is 7.14. The number of aryl methyl sites for hydroxylation is 1. The van der Waals surface area contributed by atoms with Crippen molar-refractivity contribution < 1.29 is 14.7 Å². The van der Waals surface area contributed by atoms with Crippen molar-refractivity contribution in [3.05, 3.63) is 29.8 Å². The lowest BCUT2D eigenvalue weighted by molar-refractivity contribution is 0.00742. The lowest BCUT2D eigenvalue weighted by Crippen LogP contribution is -2.27. The van der Waals surface area contributed by atoms with E-state index < -0.39 is 0 Å². The molecule has 0 aromatic heterocycles. The third-order valence-electron chi connectivity index (χ3n) is 3.29. The summed E-state index contributed by atoms with van der Waals surface area (Å²) in [6.45, 7) is 3.36. The number of hydrogen-bond donors (Lipinski definition) is 1. The van der Waals surface area contributed by atoms with Gasteiger partial charge in [-0.25, -0.2) is 0 Å². The molecule has 0 radical (unpaired) electrons. The summed E-state index contributed by atoms with van der Waals surface area (Å²) < 4.78 is 11.3. The Morgan fingerprint density at radius 1 is 1.42 bits per heavy atom. The fourth-order valence-corrected chi connectivity index (χ4v) is 2.11. The van der Waals surface area contributed by atoms with Crippen molar-refractivity contribution in [2.24, 2.45) is 5.16 Å². The number of benzene rings is 1. The summed E-state index contributed by atoms with van der Waals surface area (Å²) in [4.78, 5) is 0. The monoisotopic (exact) mass is 263 g/mol. The average Bonchev–Trinajstić information content (AvgIpc) is 2.47. The Balaban J connectivity index is 1.83. The summed E-state index contributed by atoms with van der Waals surface area (Å²) in [7, 11) is 0. The molecule has 0 amide bonds. The maximum Gasteiger partial charge on any atom is 0.122 e. The molecule has 1 heterocycles. The minimum absolute atomic E-state index is 0.184. The van der Waals surface area contributed by atoms with Gasteiger partial charge in [0.1, 0.15) is 11.9 Å². The first kappa shape index (κ1) is 13.9. The van der Waals surface area contributed by atoms with Gasteiger partial charge in [0.2, 0.25) is 0 Å². The molecule has 1 aliphatic rings. The fraction of sp³-hybridized carbons (Fsp3) is 0.533. The molecule has 1 fully saturated rings. The molecule has 1 unspecified atom stereocenters. The van der Waals surface area contributed by atoms with Gasteiger partial charge in [-0.3, -0.25) is 0 Å². The predicted octanol–water partition coefficient (Wildman–Crippen LogP) is 3.03. The van der Waals surface area contributed by atoms with Crippen LogP contribution < -0.4 is 4.74 Å². The van der Waals surface area contributed by atoms with Crippen molar-refractivity contribution in [3.63, 3.8) is 0 Å². The van der Waals surface area contributed by atoms with E-state index in [4.69, 9.17) is 14.7 Å². The molecule has 4 heteroatoms. The molecule has 0 spiro atoms. The summed E-state index contributed by atoms with van der Waals surface area (Å²) in [5, 5.41) is 11.8. The molecule has 0 bridgehead atoms. The van der Waals surface area contributed by atoms with Crippen LogP contribution in [0.3, 0.4) is 0 Å². The molecule has 0 aliphatic carbocycles. The van der Waals surface area contributed by atoms with Crippen molar-refractivity contribution in [1.29, 1.82) is 0 Å². The quantitative estimate of drug-likeness (QED) is 0.504. The van der Waals surface area contributed by atoms with E-state index in [1.54, 1.807) is 0 Å². The number of oxime groups is 1. The van der Waals surface area contributed by atoms with Crippen LogP contribution in [0.1, 0.15) is 31.7 Å². The van der Waals surface area contributed by atoms with E-state index in [2.05, 4.69) is 17.3 Å². The maximum absolute atomic E-state index is 8.60. The Hall–Kier alpha value is -1.55. The van der Waals surface area contributed by atoms with Crippen molar-refractivity contribution in [2.45, 2.75) is 38.7 Å². The average molecular weight is 263 g/mol. The fourth-order valence-electron chi connectivity index (χ4n) is 2.11. The van der Waals surface area contributed by atoms with Gasteiger partial charge in [0.25, 0.3) is 0 Å². The van der Waals surface area contributed by atoms with Crippen LogP contribution in [0.2, 0.25) is 0 Å². The highest BCUT2D eigenvalue weighted by atomic mass is 16.5. The topological polar surface area (TPSA) is 51.0 Å². The second-order valence-electron chi connectivity index (χ2n) is 4.94. The molecule has 1 aromatic carbocycles. The van der Waals surface area contributed by atoms with Crippen LogP contribution in [0.25, 0.3) is 0 Å². The highest BCUT2D eigenvalue weighted by Gasteiger charge is 2.15. The van der Waals surface area contributed by atoms with Gasteiger partial charge >= 0.3 is 0 Å². The Labute approximate surface area is 114 Å². The van der Waals surface area contributed by atoms with Crippen LogP contribution in [-0.4, -0.2) is 30.2 Å². The Kier molecular flexibility index (Phi) is 5.21. The van der Waals surface area contributed by atoms with E-state index in [1.165, 1.54) is 5.56 Å². The number of ether oxygens (including phenoxy) is 2. The Bertz CT molecular complexity index is 408. The standard InChI is InChI=1S/C15H21NO3/c1-12(16-17)4-5-13-6-8-14(9-7-13)19-15-3-2-10-18-11-15/h6-9,15,17H,2-5,10-11H2,1H3/b16-12-. The van der Waals surface area contributed by atoms with Crippen LogP contribution in [0, 0.1) is 0 Å². The normalized spacial score (nSPS) is 20.3. The molecule has 1 aliphatic heterocycles. The van der Waals surface area contributed by atoms with Gasteiger partial charge in [0, 0.05) is 6.61 Å². The summed E-state index contributed by atoms with van der Waals surface area (Å²) in [6, 6.07) is 8.11. The SMILES string of the molecule is C/C(CCc1ccc(OC2CCCOC2)cc1)=N/O. The Morgan fingerprint density at radius 3 is 2.84 bits per heavy atom. The van der Waals surface area contributed by atoms with Crippen LogP contribution in [0.5, 0.6) is 5.75 Å². The second-order valence-corrected chi connectivity index (χ2v) is 4.94. The number of rotatable bonds is 5. The zero-order chi connectivity index (χ0) is 13.5. The summed E-state index contributed by atoms with van der Waals surface area (Å²) in [5.74, 6) is 0.895. The van der Waals surface area contributed by atoms with E-state index in [1.807, 2.05) is 19.1 Å². The van der Waals surface area contributed by atoms with E-state index in [-0.39, 0.29) is 6.10 Å². The highest BCUT2D eigenvalue weighted by molar-refractivity contribution is 5.81. The summed E-state index contributed by atoms with van der Waals surface area (Å²) >= 11 is 0. The van der Waals surface area contributed by atoms with Gasteiger partial charge in [-0.1, -0.05) is 17.3 Å². The summed E-state index contributed by atoms with van der Waals surface area (Å²) in [6.07, 6.45) is 3.97. The highest BCUT2D eigenvalue weighted by Crippen LogP contribution is 2.18. The van der Waals surface area contributed by atoms with Crippen LogP contribution in [0.15, 0.2) is 29.4 Å². The molecular formula is C15H21NO3. The predicted molar refractivity (Wildman–Crippen MR) is 74.1 cm³/mol. The molecule has 4 nitrogen and oxygen atoms in total. The van der Waals surface area contributed by atoms with Crippen molar-refractivity contribution in [2.75, 3.05) is 13.2 Å². The molecule has 104 valence electrons. The zero-order valence-corrected chi connectivity index (χ0v) is 11.3. The first-order valence-corrected chi connectivity index (χ1v) is 6.79. The van der Waals surface area contributed by atoms with Gasteiger partial charge in [-0.2, -0.15) is 0 Å². The minimum atomic E-state index is 0.184. The Morgan fingerprint density at radius 2 is 2.21 bits per heavy atom. The number of nitrogens with zero attached hydrogens (tertiary/aromatic N) is 1. The first-order chi connectivity index (χ1) is 9.28. The van der Waals surface area contributed by atoms with Crippen molar-refractivity contribution in [1.82, 2.24) is 0 Å². The van der Waals surface area contributed by atoms with Gasteiger partial charge in [-0.15, -0.1) is 0 Å². The van der Waals surface area contributed by atoms with Crippen LogP contribution in [0.4, 0.5) is 0 Å². The van der Waals surface area contributed by atoms with Gasteiger partial charge in [0.15, 0.2) is 0 Å². The third-order valence-corrected chi connectivity index (χ3v) is 3.29. The molecule has 1 saturated heterocycles. The van der Waals surface area contributed by atoms with E-state index in [9.17, 15) is 0 Å². The van der Waals surface area contributed by atoms with Gasteiger partial charge in [-0.05, 0) is 50.3 Å². The van der Waals surface area contributed by atoms with E-state index >= 15 is 0 Å². The minimum Gasteiger partial charge on any atom is -0.488 e. The molecule has 0 saturated carbocycles. The molecule has 1 N–H and O–H groups in total. The van der Waals surface area contributed by atoms with Gasteiger partial charge < -0.3 is 14.7 Å². The van der Waals surface area contributed by atoms with Crippen LogP contribution >= 0.6 is 0 Å². The molecule has 2 rings (SSSR count). The zero-order valence-electron chi connectivity index (χ0n) is 11.3. The number of hydrogen-bond acceptors (Lipinski definition) is 4. The maximum atomic E-state index is 8.60.